The van der Waals surface area contributed by atoms with Crippen LogP contribution in [0, 0.1) is 5.82 Å². The molecule has 7 heteroatoms. The third-order valence-corrected chi connectivity index (χ3v) is 5.92. The number of carbonyl (C=O) groups excluding carboxylic acids is 1. The van der Waals surface area contributed by atoms with Gasteiger partial charge in [0.05, 0.1) is 0 Å². The minimum atomic E-state index is -0.385. The topological polar surface area (TPSA) is 64.1 Å². The summed E-state index contributed by atoms with van der Waals surface area (Å²) in [6.45, 7) is 0.285. The predicted octanol–water partition coefficient (Wildman–Crippen LogP) is 5.56. The van der Waals surface area contributed by atoms with Gasteiger partial charge in [-0.15, -0.1) is 10.2 Å². The van der Waals surface area contributed by atoms with Gasteiger partial charge in [-0.25, -0.2) is 4.39 Å². The maximum absolute atomic E-state index is 13.0. The number of hydrogen-bond donors (Lipinski definition) is 1. The van der Waals surface area contributed by atoms with Gasteiger partial charge in [-0.05, 0) is 60.7 Å². The number of halogens is 1. The first-order valence-electron chi connectivity index (χ1n) is 9.79. The zero-order chi connectivity index (χ0) is 20.1. The molecule has 1 heterocycles. The lowest BCUT2D eigenvalue weighted by Gasteiger charge is -2.22. The SMILES string of the molecule is O=C(Nc1nnc(COc2ccc(C3CCCCC3)cc2)s1)c1ccc(F)cc1. The lowest BCUT2D eigenvalue weighted by atomic mass is 9.84. The van der Waals surface area contributed by atoms with E-state index in [-0.39, 0.29) is 18.3 Å². The molecule has 4 rings (SSSR count). The minimum absolute atomic E-state index is 0.285. The highest BCUT2D eigenvalue weighted by Gasteiger charge is 2.15. The van der Waals surface area contributed by atoms with Crippen LogP contribution in [0.2, 0.25) is 0 Å². The summed E-state index contributed by atoms with van der Waals surface area (Å²) in [5.74, 6) is 0.723. The van der Waals surface area contributed by atoms with E-state index in [9.17, 15) is 9.18 Å². The Hall–Kier alpha value is -2.80. The molecule has 0 unspecified atom stereocenters. The quantitative estimate of drug-likeness (QED) is 0.577. The van der Waals surface area contributed by atoms with E-state index >= 15 is 0 Å². The first kappa shape index (κ1) is 19.5. The number of aromatic nitrogens is 2. The van der Waals surface area contributed by atoms with E-state index in [0.717, 1.165) is 5.75 Å². The highest BCUT2D eigenvalue weighted by Crippen LogP contribution is 2.33. The van der Waals surface area contributed by atoms with Crippen molar-refractivity contribution in [3.05, 3.63) is 70.5 Å². The molecule has 0 spiro atoms. The van der Waals surface area contributed by atoms with E-state index in [1.165, 1.54) is 73.3 Å². The molecule has 1 aromatic heterocycles. The lowest BCUT2D eigenvalue weighted by Crippen LogP contribution is -2.11. The van der Waals surface area contributed by atoms with Crippen LogP contribution in [0.4, 0.5) is 9.52 Å². The van der Waals surface area contributed by atoms with Crippen LogP contribution in [-0.2, 0) is 6.61 Å². The Morgan fingerprint density at radius 1 is 1.03 bits per heavy atom. The number of anilines is 1. The molecule has 1 aliphatic carbocycles. The summed E-state index contributed by atoms with van der Waals surface area (Å²) < 4.78 is 18.8. The van der Waals surface area contributed by atoms with Crippen LogP contribution in [0.25, 0.3) is 0 Å². The van der Waals surface area contributed by atoms with Crippen molar-refractivity contribution < 1.29 is 13.9 Å². The number of hydrogen-bond acceptors (Lipinski definition) is 5. The summed E-state index contributed by atoms with van der Waals surface area (Å²) in [5, 5.41) is 11.7. The van der Waals surface area contributed by atoms with E-state index < -0.39 is 0 Å². The van der Waals surface area contributed by atoms with Gasteiger partial charge in [-0.2, -0.15) is 0 Å². The smallest absolute Gasteiger partial charge is 0.257 e. The molecule has 2 aromatic carbocycles. The van der Waals surface area contributed by atoms with E-state index in [0.29, 0.717) is 21.6 Å². The van der Waals surface area contributed by atoms with Crippen molar-refractivity contribution in [3.8, 4) is 5.75 Å². The predicted molar refractivity (Wildman–Crippen MR) is 111 cm³/mol. The van der Waals surface area contributed by atoms with Crippen LogP contribution in [0.1, 0.15) is 59.0 Å². The van der Waals surface area contributed by atoms with Crippen LogP contribution in [0.15, 0.2) is 48.5 Å². The number of ether oxygens (including phenoxy) is 1. The van der Waals surface area contributed by atoms with E-state index in [4.69, 9.17) is 4.74 Å². The first-order chi connectivity index (χ1) is 14.2. The number of benzene rings is 2. The largest absolute Gasteiger partial charge is 0.486 e. The Morgan fingerprint density at radius 3 is 2.48 bits per heavy atom. The maximum atomic E-state index is 13.0. The number of rotatable bonds is 6. The molecule has 1 saturated carbocycles. The molecule has 1 aliphatic rings. The van der Waals surface area contributed by atoms with Gasteiger partial charge < -0.3 is 4.74 Å². The van der Waals surface area contributed by atoms with Crippen molar-refractivity contribution in [1.82, 2.24) is 10.2 Å². The summed E-state index contributed by atoms with van der Waals surface area (Å²) >= 11 is 1.25. The number of nitrogens with zero attached hydrogens (tertiary/aromatic N) is 2. The summed E-state index contributed by atoms with van der Waals surface area (Å²) in [4.78, 5) is 12.2. The Balaban J connectivity index is 1.30. The van der Waals surface area contributed by atoms with Crippen molar-refractivity contribution in [2.75, 3.05) is 5.32 Å². The van der Waals surface area contributed by atoms with E-state index in [1.807, 2.05) is 12.1 Å². The second kappa shape index (κ2) is 9.13. The normalized spacial score (nSPS) is 14.5. The highest BCUT2D eigenvalue weighted by atomic mass is 32.1. The van der Waals surface area contributed by atoms with E-state index in [2.05, 4.69) is 27.6 Å². The molecule has 1 fully saturated rings. The Labute approximate surface area is 172 Å². The standard InChI is InChI=1S/C22H22FN3O2S/c23-18-10-6-17(7-11-18)21(27)24-22-26-25-20(29-22)14-28-19-12-8-16(9-13-19)15-4-2-1-3-5-15/h6-13,15H,1-5,14H2,(H,24,26,27). The Kier molecular flexibility index (Phi) is 6.14. The first-order valence-corrected chi connectivity index (χ1v) is 10.6. The fraction of sp³-hybridized carbons (Fsp3) is 0.318. The molecule has 1 amide bonds. The second-order valence-electron chi connectivity index (χ2n) is 7.15. The van der Waals surface area contributed by atoms with Gasteiger partial charge >= 0.3 is 0 Å². The molecular weight excluding hydrogens is 389 g/mol. The van der Waals surface area contributed by atoms with Crippen molar-refractivity contribution in [2.24, 2.45) is 0 Å². The van der Waals surface area contributed by atoms with Gasteiger partial charge in [0.15, 0.2) is 5.01 Å². The van der Waals surface area contributed by atoms with Crippen LogP contribution < -0.4 is 10.1 Å². The fourth-order valence-electron chi connectivity index (χ4n) is 3.55. The summed E-state index contributed by atoms with van der Waals surface area (Å²) in [6.07, 6.45) is 6.54. The van der Waals surface area contributed by atoms with Crippen molar-refractivity contribution in [2.45, 2.75) is 44.6 Å². The Morgan fingerprint density at radius 2 is 1.76 bits per heavy atom. The van der Waals surface area contributed by atoms with Crippen molar-refractivity contribution in [3.63, 3.8) is 0 Å². The molecule has 150 valence electrons. The van der Waals surface area contributed by atoms with Gasteiger partial charge in [0.25, 0.3) is 5.91 Å². The average Bonchev–Trinajstić information content (AvgIpc) is 3.21. The van der Waals surface area contributed by atoms with Crippen molar-refractivity contribution in [1.29, 1.82) is 0 Å². The molecule has 0 radical (unpaired) electrons. The molecule has 29 heavy (non-hydrogen) atoms. The third-order valence-electron chi connectivity index (χ3n) is 5.11. The molecule has 5 nitrogen and oxygen atoms in total. The summed E-state index contributed by atoms with van der Waals surface area (Å²) in [5.41, 5.74) is 1.75. The minimum Gasteiger partial charge on any atom is -0.486 e. The van der Waals surface area contributed by atoms with Gasteiger partial charge in [-0.3, -0.25) is 10.1 Å². The monoisotopic (exact) mass is 411 g/mol. The van der Waals surface area contributed by atoms with Gasteiger partial charge in [0.1, 0.15) is 18.2 Å². The lowest BCUT2D eigenvalue weighted by molar-refractivity contribution is 0.102. The number of nitrogens with one attached hydrogen (secondary N) is 1. The van der Waals surface area contributed by atoms with Crippen LogP contribution in [-0.4, -0.2) is 16.1 Å². The zero-order valence-corrected chi connectivity index (χ0v) is 16.8. The second-order valence-corrected chi connectivity index (χ2v) is 8.22. The average molecular weight is 412 g/mol. The highest BCUT2D eigenvalue weighted by molar-refractivity contribution is 7.15. The molecule has 1 N–H and O–H groups in total. The summed E-state index contributed by atoms with van der Waals surface area (Å²) in [6, 6.07) is 13.6. The van der Waals surface area contributed by atoms with E-state index in [1.54, 1.807) is 0 Å². The molecule has 0 atom stereocenters. The third kappa shape index (κ3) is 5.17. The number of amides is 1. The van der Waals surface area contributed by atoms with Crippen LogP contribution in [0.3, 0.4) is 0 Å². The van der Waals surface area contributed by atoms with Crippen molar-refractivity contribution >= 4 is 22.4 Å². The van der Waals surface area contributed by atoms with Gasteiger partial charge in [0, 0.05) is 5.56 Å². The molecule has 3 aromatic rings. The summed E-state index contributed by atoms with van der Waals surface area (Å²) in [7, 11) is 0. The molecular formula is C22H22FN3O2S. The Bertz CT molecular complexity index is 951. The fourth-order valence-corrected chi connectivity index (χ4v) is 4.20. The van der Waals surface area contributed by atoms with Crippen LogP contribution in [0.5, 0.6) is 5.75 Å². The number of carbonyl (C=O) groups is 1. The van der Waals surface area contributed by atoms with Crippen LogP contribution >= 0.6 is 11.3 Å². The molecule has 0 aliphatic heterocycles. The van der Waals surface area contributed by atoms with Gasteiger partial charge in [0.2, 0.25) is 5.13 Å². The molecule has 0 saturated heterocycles. The maximum Gasteiger partial charge on any atom is 0.257 e. The zero-order valence-electron chi connectivity index (χ0n) is 15.9. The van der Waals surface area contributed by atoms with Gasteiger partial charge in [-0.1, -0.05) is 42.7 Å². The molecule has 0 bridgehead atoms.